The maximum Gasteiger partial charge on any atom is 0.208 e. The highest BCUT2D eigenvalue weighted by molar-refractivity contribution is 7.91. The van der Waals surface area contributed by atoms with Gasteiger partial charge in [0.25, 0.3) is 0 Å². The Balaban J connectivity index is 2.09. The third-order valence-electron chi connectivity index (χ3n) is 4.52. The summed E-state index contributed by atoms with van der Waals surface area (Å²) in [6, 6.07) is 12.3. The van der Waals surface area contributed by atoms with Crippen molar-refractivity contribution in [1.82, 2.24) is 4.98 Å². The molecular formula is C21H10Cl3F2NO2S. The lowest BCUT2D eigenvalue weighted by molar-refractivity contribution is 0.594. The van der Waals surface area contributed by atoms with Crippen LogP contribution in [0.1, 0.15) is 0 Å². The smallest absolute Gasteiger partial charge is 0.208 e. The molecule has 9 heteroatoms. The van der Waals surface area contributed by atoms with E-state index in [0.29, 0.717) is 10.6 Å². The maximum absolute atomic E-state index is 14.6. The summed E-state index contributed by atoms with van der Waals surface area (Å²) in [6.07, 6.45) is 1.05. The third kappa shape index (κ3) is 3.54. The molecule has 4 aromatic rings. The van der Waals surface area contributed by atoms with E-state index in [4.69, 9.17) is 34.8 Å². The summed E-state index contributed by atoms with van der Waals surface area (Å²) >= 11 is 17.6. The van der Waals surface area contributed by atoms with E-state index < -0.39 is 21.5 Å². The van der Waals surface area contributed by atoms with Crippen LogP contribution in [0.4, 0.5) is 8.78 Å². The largest absolute Gasteiger partial charge is 0.252 e. The SMILES string of the molecule is O=S(=O)(c1ccc(F)c(Cl)c1)c1cnc2c(F)c(Cl)ccc2c1-c1ccc(Cl)cc1. The molecule has 1 aromatic heterocycles. The molecule has 0 unspecified atom stereocenters. The van der Waals surface area contributed by atoms with Crippen LogP contribution in [0.2, 0.25) is 15.1 Å². The molecule has 0 spiro atoms. The second-order valence-electron chi connectivity index (χ2n) is 6.34. The van der Waals surface area contributed by atoms with Crippen LogP contribution in [-0.2, 0) is 9.84 Å². The van der Waals surface area contributed by atoms with Gasteiger partial charge in [-0.1, -0.05) is 53.0 Å². The summed E-state index contributed by atoms with van der Waals surface area (Å²) in [5.74, 6) is -1.51. The van der Waals surface area contributed by atoms with Crippen LogP contribution in [0.5, 0.6) is 0 Å². The van der Waals surface area contributed by atoms with Gasteiger partial charge < -0.3 is 0 Å². The first-order valence-electron chi connectivity index (χ1n) is 8.43. The third-order valence-corrected chi connectivity index (χ3v) is 7.12. The summed E-state index contributed by atoms with van der Waals surface area (Å²) in [5, 5.41) is 0.211. The van der Waals surface area contributed by atoms with Gasteiger partial charge in [0.15, 0.2) is 5.82 Å². The van der Waals surface area contributed by atoms with Crippen molar-refractivity contribution in [2.75, 3.05) is 0 Å². The van der Waals surface area contributed by atoms with Gasteiger partial charge in [0.2, 0.25) is 9.84 Å². The van der Waals surface area contributed by atoms with E-state index in [9.17, 15) is 17.2 Å². The van der Waals surface area contributed by atoms with Crippen molar-refractivity contribution in [2.24, 2.45) is 0 Å². The zero-order valence-corrected chi connectivity index (χ0v) is 17.9. The van der Waals surface area contributed by atoms with Crippen LogP contribution >= 0.6 is 34.8 Å². The van der Waals surface area contributed by atoms with Crippen molar-refractivity contribution in [1.29, 1.82) is 0 Å². The van der Waals surface area contributed by atoms with Crippen LogP contribution in [0.3, 0.4) is 0 Å². The fourth-order valence-electron chi connectivity index (χ4n) is 3.08. The molecule has 1 heterocycles. The first-order valence-corrected chi connectivity index (χ1v) is 11.0. The molecule has 0 aliphatic rings. The lowest BCUT2D eigenvalue weighted by atomic mass is 10.0. The Morgan fingerprint density at radius 2 is 1.53 bits per heavy atom. The fourth-order valence-corrected chi connectivity index (χ4v) is 5.06. The Morgan fingerprint density at radius 1 is 0.833 bits per heavy atom. The number of benzene rings is 3. The second kappa shape index (κ2) is 7.78. The minimum atomic E-state index is -4.18. The van der Waals surface area contributed by atoms with E-state index in [1.807, 2.05) is 0 Å². The Morgan fingerprint density at radius 3 is 2.20 bits per heavy atom. The normalized spacial score (nSPS) is 11.8. The molecule has 0 aliphatic carbocycles. The van der Waals surface area contributed by atoms with Gasteiger partial charge in [-0.25, -0.2) is 17.2 Å². The quantitative estimate of drug-likeness (QED) is 0.295. The molecule has 0 saturated heterocycles. The summed E-state index contributed by atoms with van der Waals surface area (Å²) < 4.78 is 54.9. The molecule has 152 valence electrons. The highest BCUT2D eigenvalue weighted by atomic mass is 35.5. The maximum atomic E-state index is 14.6. The highest BCUT2D eigenvalue weighted by Gasteiger charge is 2.26. The molecule has 0 aliphatic heterocycles. The number of halogens is 5. The number of aromatic nitrogens is 1. The fraction of sp³-hybridized carbons (Fsp3) is 0. The highest BCUT2D eigenvalue weighted by Crippen LogP contribution is 2.39. The van der Waals surface area contributed by atoms with Crippen molar-refractivity contribution in [3.8, 4) is 11.1 Å². The van der Waals surface area contributed by atoms with Crippen LogP contribution in [0, 0.1) is 11.6 Å². The van der Waals surface area contributed by atoms with E-state index >= 15 is 0 Å². The summed E-state index contributed by atoms with van der Waals surface area (Å²) in [5.41, 5.74) is 0.608. The van der Waals surface area contributed by atoms with E-state index in [-0.39, 0.29) is 36.3 Å². The lowest BCUT2D eigenvalue weighted by Crippen LogP contribution is -2.06. The first kappa shape index (κ1) is 21.0. The number of rotatable bonds is 3. The Labute approximate surface area is 185 Å². The standard InChI is InChI=1S/C21H10Cl3F2NO2S/c22-12-3-1-11(2-4-12)19-14-6-7-15(23)20(26)21(14)27-10-18(19)30(28,29)13-5-8-17(25)16(24)9-13/h1-10H. The Bertz CT molecular complexity index is 1410. The first-order chi connectivity index (χ1) is 14.2. The molecule has 3 aromatic carbocycles. The van der Waals surface area contributed by atoms with Crippen molar-refractivity contribution < 1.29 is 17.2 Å². The average Bonchev–Trinajstić information content (AvgIpc) is 2.72. The number of sulfone groups is 1. The van der Waals surface area contributed by atoms with Crippen molar-refractivity contribution in [3.05, 3.63) is 87.5 Å². The lowest BCUT2D eigenvalue weighted by Gasteiger charge is -2.15. The summed E-state index contributed by atoms with van der Waals surface area (Å²) in [6.45, 7) is 0. The predicted molar refractivity (Wildman–Crippen MR) is 114 cm³/mol. The van der Waals surface area contributed by atoms with E-state index in [1.54, 1.807) is 24.3 Å². The summed E-state index contributed by atoms with van der Waals surface area (Å²) in [7, 11) is -4.18. The minimum absolute atomic E-state index is 0.0801. The average molecular weight is 485 g/mol. The van der Waals surface area contributed by atoms with E-state index in [1.165, 1.54) is 12.1 Å². The van der Waals surface area contributed by atoms with E-state index in [2.05, 4.69) is 4.98 Å². The van der Waals surface area contributed by atoms with Crippen molar-refractivity contribution in [3.63, 3.8) is 0 Å². The molecule has 30 heavy (non-hydrogen) atoms. The van der Waals surface area contributed by atoms with Crippen molar-refractivity contribution in [2.45, 2.75) is 9.79 Å². The predicted octanol–water partition coefficient (Wildman–Crippen LogP) is 6.97. The van der Waals surface area contributed by atoms with Gasteiger partial charge in [-0.2, -0.15) is 0 Å². The van der Waals surface area contributed by atoms with Gasteiger partial charge in [0.1, 0.15) is 11.3 Å². The molecule has 0 atom stereocenters. The zero-order chi connectivity index (χ0) is 21.6. The van der Waals surface area contributed by atoms with Crippen LogP contribution in [0.25, 0.3) is 22.0 Å². The van der Waals surface area contributed by atoms with Gasteiger partial charge in [0, 0.05) is 22.2 Å². The van der Waals surface area contributed by atoms with Crippen LogP contribution in [0.15, 0.2) is 70.6 Å². The van der Waals surface area contributed by atoms with Gasteiger partial charge in [-0.05, 0) is 42.0 Å². The zero-order valence-electron chi connectivity index (χ0n) is 14.8. The van der Waals surface area contributed by atoms with Gasteiger partial charge in [-0.15, -0.1) is 0 Å². The van der Waals surface area contributed by atoms with Gasteiger partial charge in [0.05, 0.1) is 19.8 Å². The number of hydrogen-bond donors (Lipinski definition) is 0. The molecule has 3 nitrogen and oxygen atoms in total. The Kier molecular flexibility index (Phi) is 5.45. The second-order valence-corrected chi connectivity index (χ2v) is 9.51. The number of nitrogens with zero attached hydrogens (tertiary/aromatic N) is 1. The number of fused-ring (bicyclic) bond motifs is 1. The molecular weight excluding hydrogens is 475 g/mol. The molecule has 0 fully saturated rings. The van der Waals surface area contributed by atoms with Crippen molar-refractivity contribution >= 4 is 55.5 Å². The van der Waals surface area contributed by atoms with Crippen LogP contribution in [-0.4, -0.2) is 13.4 Å². The topological polar surface area (TPSA) is 47.0 Å². The Hall–Kier alpha value is -2.25. The van der Waals surface area contributed by atoms with Gasteiger partial charge >= 0.3 is 0 Å². The van der Waals surface area contributed by atoms with E-state index in [0.717, 1.165) is 24.4 Å². The molecule has 0 radical (unpaired) electrons. The molecule has 0 amide bonds. The molecule has 0 saturated carbocycles. The van der Waals surface area contributed by atoms with Crippen LogP contribution < -0.4 is 0 Å². The molecule has 0 N–H and O–H groups in total. The monoisotopic (exact) mass is 483 g/mol. The molecule has 4 rings (SSSR count). The summed E-state index contributed by atoms with van der Waals surface area (Å²) in [4.78, 5) is 3.59. The number of hydrogen-bond acceptors (Lipinski definition) is 3. The van der Waals surface area contributed by atoms with Gasteiger partial charge in [-0.3, -0.25) is 4.98 Å². The molecule has 0 bridgehead atoms. The number of pyridine rings is 1. The minimum Gasteiger partial charge on any atom is -0.252 e.